The summed E-state index contributed by atoms with van der Waals surface area (Å²) >= 11 is 0. The Morgan fingerprint density at radius 1 is 1.21 bits per heavy atom. The van der Waals surface area contributed by atoms with Crippen molar-refractivity contribution in [2.75, 3.05) is 33.3 Å². The lowest BCUT2D eigenvalue weighted by molar-refractivity contribution is 0.107. The molecule has 14 heavy (non-hydrogen) atoms. The smallest absolute Gasteiger partial charge is 0.0558 e. The normalized spacial score (nSPS) is 25.9. The molecule has 3 nitrogen and oxygen atoms in total. The molecule has 1 aliphatic heterocycles. The SMILES string of the molecule is CN(CCO)C1CCN(C2CC2)CC1. The van der Waals surface area contributed by atoms with Gasteiger partial charge in [0.1, 0.15) is 0 Å². The average Bonchev–Trinajstić information content (AvgIpc) is 3.02. The summed E-state index contributed by atoms with van der Waals surface area (Å²) in [7, 11) is 2.13. The van der Waals surface area contributed by atoms with Gasteiger partial charge in [0.25, 0.3) is 0 Å². The van der Waals surface area contributed by atoms with E-state index in [2.05, 4.69) is 16.8 Å². The fourth-order valence-electron chi connectivity index (χ4n) is 2.47. The number of likely N-dealkylation sites (N-methyl/N-ethyl adjacent to an activating group) is 1. The monoisotopic (exact) mass is 198 g/mol. The molecule has 1 saturated heterocycles. The molecular formula is C11H22N2O. The van der Waals surface area contributed by atoms with E-state index < -0.39 is 0 Å². The minimum Gasteiger partial charge on any atom is -0.395 e. The van der Waals surface area contributed by atoms with Crippen LogP contribution in [-0.2, 0) is 0 Å². The Bertz CT molecular complexity index is 174. The van der Waals surface area contributed by atoms with Gasteiger partial charge in [0, 0.05) is 18.6 Å². The number of hydrogen-bond donors (Lipinski definition) is 1. The van der Waals surface area contributed by atoms with Crippen LogP contribution in [0.4, 0.5) is 0 Å². The van der Waals surface area contributed by atoms with E-state index in [4.69, 9.17) is 5.11 Å². The topological polar surface area (TPSA) is 26.7 Å². The predicted molar refractivity (Wildman–Crippen MR) is 57.3 cm³/mol. The van der Waals surface area contributed by atoms with Crippen molar-refractivity contribution in [3.05, 3.63) is 0 Å². The molecule has 0 unspecified atom stereocenters. The second kappa shape index (κ2) is 4.60. The molecular weight excluding hydrogens is 176 g/mol. The first-order valence-corrected chi connectivity index (χ1v) is 5.86. The van der Waals surface area contributed by atoms with Gasteiger partial charge in [-0.05, 0) is 45.8 Å². The van der Waals surface area contributed by atoms with Crippen LogP contribution in [0.15, 0.2) is 0 Å². The third-order valence-corrected chi connectivity index (χ3v) is 3.64. The van der Waals surface area contributed by atoms with Crippen LogP contribution < -0.4 is 0 Å². The second-order valence-corrected chi connectivity index (χ2v) is 4.70. The highest BCUT2D eigenvalue weighted by Crippen LogP contribution is 2.29. The lowest BCUT2D eigenvalue weighted by atomic mass is 10.0. The Morgan fingerprint density at radius 3 is 2.36 bits per heavy atom. The molecule has 0 bridgehead atoms. The Morgan fingerprint density at radius 2 is 1.86 bits per heavy atom. The summed E-state index contributed by atoms with van der Waals surface area (Å²) in [6.07, 6.45) is 5.42. The quantitative estimate of drug-likeness (QED) is 0.714. The van der Waals surface area contributed by atoms with E-state index in [1.807, 2.05) is 0 Å². The molecule has 1 N–H and O–H groups in total. The first-order valence-electron chi connectivity index (χ1n) is 5.86. The second-order valence-electron chi connectivity index (χ2n) is 4.70. The Hall–Kier alpha value is -0.120. The molecule has 0 aromatic carbocycles. The molecule has 2 aliphatic rings. The molecule has 0 spiro atoms. The maximum atomic E-state index is 8.87. The van der Waals surface area contributed by atoms with Crippen molar-refractivity contribution in [3.63, 3.8) is 0 Å². The number of nitrogens with zero attached hydrogens (tertiary/aromatic N) is 2. The lowest BCUT2D eigenvalue weighted by Gasteiger charge is -2.36. The van der Waals surface area contributed by atoms with Gasteiger partial charge in [-0.1, -0.05) is 0 Å². The van der Waals surface area contributed by atoms with Crippen molar-refractivity contribution in [1.29, 1.82) is 0 Å². The maximum absolute atomic E-state index is 8.87. The first-order chi connectivity index (χ1) is 6.81. The maximum Gasteiger partial charge on any atom is 0.0558 e. The summed E-state index contributed by atoms with van der Waals surface area (Å²) in [4.78, 5) is 4.95. The van der Waals surface area contributed by atoms with Gasteiger partial charge < -0.3 is 14.9 Å². The Labute approximate surface area is 86.7 Å². The van der Waals surface area contributed by atoms with Crippen molar-refractivity contribution in [1.82, 2.24) is 9.80 Å². The lowest BCUT2D eigenvalue weighted by Crippen LogP contribution is -2.44. The van der Waals surface area contributed by atoms with Crippen molar-refractivity contribution in [2.24, 2.45) is 0 Å². The third kappa shape index (κ3) is 2.47. The minimum absolute atomic E-state index is 0.291. The van der Waals surface area contributed by atoms with Crippen molar-refractivity contribution < 1.29 is 5.11 Å². The molecule has 1 saturated carbocycles. The molecule has 0 aromatic heterocycles. The highest BCUT2D eigenvalue weighted by molar-refractivity contribution is 4.89. The molecule has 0 atom stereocenters. The molecule has 3 heteroatoms. The molecule has 0 aromatic rings. The number of likely N-dealkylation sites (tertiary alicyclic amines) is 1. The number of rotatable bonds is 4. The van der Waals surface area contributed by atoms with Gasteiger partial charge in [0.15, 0.2) is 0 Å². The summed E-state index contributed by atoms with van der Waals surface area (Å²) in [5, 5.41) is 8.87. The van der Waals surface area contributed by atoms with Crippen LogP contribution in [0.1, 0.15) is 25.7 Å². The van der Waals surface area contributed by atoms with Crippen LogP contribution >= 0.6 is 0 Å². The van der Waals surface area contributed by atoms with Crippen LogP contribution in [0.5, 0.6) is 0 Å². The van der Waals surface area contributed by atoms with Gasteiger partial charge in [0.05, 0.1) is 6.61 Å². The average molecular weight is 198 g/mol. The molecule has 2 rings (SSSR count). The minimum atomic E-state index is 0.291. The van der Waals surface area contributed by atoms with Crippen molar-refractivity contribution >= 4 is 0 Å². The molecule has 1 heterocycles. The zero-order chi connectivity index (χ0) is 9.97. The van der Waals surface area contributed by atoms with E-state index in [9.17, 15) is 0 Å². The highest BCUT2D eigenvalue weighted by atomic mass is 16.3. The molecule has 2 fully saturated rings. The van der Waals surface area contributed by atoms with Crippen LogP contribution in [0, 0.1) is 0 Å². The zero-order valence-corrected chi connectivity index (χ0v) is 9.15. The van der Waals surface area contributed by atoms with E-state index in [0.29, 0.717) is 12.6 Å². The molecule has 0 amide bonds. The number of hydrogen-bond acceptors (Lipinski definition) is 3. The van der Waals surface area contributed by atoms with Crippen LogP contribution in [0.25, 0.3) is 0 Å². The molecule has 1 aliphatic carbocycles. The summed E-state index contributed by atoms with van der Waals surface area (Å²) in [6, 6.07) is 1.64. The summed E-state index contributed by atoms with van der Waals surface area (Å²) in [5.41, 5.74) is 0. The van der Waals surface area contributed by atoms with E-state index in [1.165, 1.54) is 38.8 Å². The van der Waals surface area contributed by atoms with Gasteiger partial charge in [-0.3, -0.25) is 0 Å². The fourth-order valence-corrected chi connectivity index (χ4v) is 2.47. The van der Waals surface area contributed by atoms with Crippen LogP contribution in [0.3, 0.4) is 0 Å². The summed E-state index contributed by atoms with van der Waals surface area (Å²) < 4.78 is 0. The summed E-state index contributed by atoms with van der Waals surface area (Å²) in [5.74, 6) is 0. The van der Waals surface area contributed by atoms with Gasteiger partial charge in [-0.25, -0.2) is 0 Å². The van der Waals surface area contributed by atoms with Crippen molar-refractivity contribution in [3.8, 4) is 0 Å². The largest absolute Gasteiger partial charge is 0.395 e. The van der Waals surface area contributed by atoms with Gasteiger partial charge in [0.2, 0.25) is 0 Å². The van der Waals surface area contributed by atoms with E-state index >= 15 is 0 Å². The van der Waals surface area contributed by atoms with E-state index in [1.54, 1.807) is 0 Å². The van der Waals surface area contributed by atoms with E-state index in [-0.39, 0.29) is 0 Å². The first kappa shape index (κ1) is 10.4. The van der Waals surface area contributed by atoms with E-state index in [0.717, 1.165) is 12.6 Å². The summed E-state index contributed by atoms with van der Waals surface area (Å²) in [6.45, 7) is 3.66. The number of aliphatic hydroxyl groups is 1. The predicted octanol–water partition coefficient (Wildman–Crippen LogP) is 0.537. The van der Waals surface area contributed by atoms with Gasteiger partial charge in [-0.2, -0.15) is 0 Å². The standard InChI is InChI=1S/C11H22N2O/c1-12(8-9-14)10-4-6-13(7-5-10)11-2-3-11/h10-11,14H,2-9H2,1H3. The highest BCUT2D eigenvalue weighted by Gasteiger charge is 2.32. The Kier molecular flexibility index (Phi) is 3.42. The van der Waals surface area contributed by atoms with Gasteiger partial charge >= 0.3 is 0 Å². The van der Waals surface area contributed by atoms with Crippen LogP contribution in [-0.4, -0.2) is 60.3 Å². The number of piperidine rings is 1. The Balaban J connectivity index is 1.71. The molecule has 0 radical (unpaired) electrons. The zero-order valence-electron chi connectivity index (χ0n) is 9.15. The van der Waals surface area contributed by atoms with Crippen LogP contribution in [0.2, 0.25) is 0 Å². The van der Waals surface area contributed by atoms with Gasteiger partial charge in [-0.15, -0.1) is 0 Å². The molecule has 82 valence electrons. The number of aliphatic hydroxyl groups excluding tert-OH is 1. The van der Waals surface area contributed by atoms with Crippen molar-refractivity contribution in [2.45, 2.75) is 37.8 Å². The third-order valence-electron chi connectivity index (χ3n) is 3.64. The fraction of sp³-hybridized carbons (Fsp3) is 1.00.